The van der Waals surface area contributed by atoms with Gasteiger partial charge >= 0.3 is 0 Å². The fraction of sp³-hybridized carbons (Fsp3) is 0.111. The van der Waals surface area contributed by atoms with Crippen molar-refractivity contribution in [3.05, 3.63) is 55.0 Å². The largest absolute Gasteiger partial charge is 0.378 e. The predicted octanol–water partition coefficient (Wildman–Crippen LogP) is 3.76. The molecule has 24 heavy (non-hydrogen) atoms. The molecule has 120 valence electrons. The zero-order valence-corrected chi connectivity index (χ0v) is 13.5. The second-order valence-electron chi connectivity index (χ2n) is 5.90. The summed E-state index contributed by atoms with van der Waals surface area (Å²) in [6, 6.07) is 12.3. The van der Waals surface area contributed by atoms with Crippen molar-refractivity contribution in [2.75, 3.05) is 24.3 Å². The first kappa shape index (κ1) is 14.3. The van der Waals surface area contributed by atoms with E-state index in [2.05, 4.69) is 48.6 Å². The van der Waals surface area contributed by atoms with E-state index in [-0.39, 0.29) is 0 Å². The maximum atomic E-state index is 4.50. The van der Waals surface area contributed by atoms with Crippen molar-refractivity contribution < 1.29 is 0 Å². The van der Waals surface area contributed by atoms with E-state index >= 15 is 0 Å². The number of aromatic nitrogens is 4. The van der Waals surface area contributed by atoms with Crippen molar-refractivity contribution in [2.24, 2.45) is 0 Å². The molecule has 0 fully saturated rings. The lowest BCUT2D eigenvalue weighted by Crippen LogP contribution is -2.08. The summed E-state index contributed by atoms with van der Waals surface area (Å²) in [6.07, 6.45) is 5.53. The monoisotopic (exact) mass is 318 g/mol. The van der Waals surface area contributed by atoms with E-state index < -0.39 is 0 Å². The minimum absolute atomic E-state index is 0.805. The normalized spacial score (nSPS) is 10.9. The Kier molecular flexibility index (Phi) is 3.42. The molecule has 0 unspecified atom stereocenters. The first-order chi connectivity index (χ1) is 11.7. The number of fused-ring (bicyclic) bond motifs is 1. The van der Waals surface area contributed by atoms with Crippen molar-refractivity contribution in [2.45, 2.75) is 0 Å². The Morgan fingerprint density at radius 3 is 2.79 bits per heavy atom. The molecule has 0 atom stereocenters. The van der Waals surface area contributed by atoms with Gasteiger partial charge in [0.25, 0.3) is 0 Å². The number of anilines is 3. The Balaban J connectivity index is 1.64. The molecule has 3 heterocycles. The van der Waals surface area contributed by atoms with E-state index in [9.17, 15) is 0 Å². The molecule has 3 aromatic heterocycles. The smallest absolute Gasteiger partial charge is 0.132 e. The van der Waals surface area contributed by atoms with Gasteiger partial charge in [-0.1, -0.05) is 6.07 Å². The van der Waals surface area contributed by atoms with Gasteiger partial charge in [0.15, 0.2) is 0 Å². The number of rotatable bonds is 4. The van der Waals surface area contributed by atoms with E-state index in [1.165, 1.54) is 0 Å². The first-order valence-corrected chi connectivity index (χ1v) is 7.71. The molecular formula is C18H18N6. The second kappa shape index (κ2) is 5.73. The highest BCUT2D eigenvalue weighted by atomic mass is 15.1. The van der Waals surface area contributed by atoms with Gasteiger partial charge in [-0.2, -0.15) is 5.10 Å². The molecule has 0 amide bonds. The molecule has 0 radical (unpaired) electrons. The van der Waals surface area contributed by atoms with Gasteiger partial charge in [0, 0.05) is 60.6 Å². The number of benzene rings is 1. The summed E-state index contributed by atoms with van der Waals surface area (Å²) in [5.41, 5.74) is 5.23. The molecule has 0 bridgehead atoms. The standard InChI is InChI=1S/C18H18N6/c1-24(2)15-5-3-4-14(7-15)22-18-8-17-12(9-19-18)6-16(23-17)13-10-20-21-11-13/h3-11,23H,1-2H3,(H,19,22)(H,20,21). The average Bonchev–Trinajstić information content (AvgIpc) is 3.24. The second-order valence-corrected chi connectivity index (χ2v) is 5.90. The highest BCUT2D eigenvalue weighted by Gasteiger charge is 2.06. The highest BCUT2D eigenvalue weighted by molar-refractivity contribution is 5.87. The third-order valence-electron chi connectivity index (χ3n) is 3.95. The maximum Gasteiger partial charge on any atom is 0.132 e. The fourth-order valence-corrected chi connectivity index (χ4v) is 2.66. The molecule has 0 aliphatic rings. The van der Waals surface area contributed by atoms with Gasteiger partial charge in [0.1, 0.15) is 5.82 Å². The molecule has 4 aromatic rings. The Morgan fingerprint density at radius 1 is 1.08 bits per heavy atom. The van der Waals surface area contributed by atoms with Crippen LogP contribution in [0.15, 0.2) is 55.0 Å². The van der Waals surface area contributed by atoms with Gasteiger partial charge in [0.05, 0.1) is 11.7 Å². The number of aromatic amines is 2. The minimum Gasteiger partial charge on any atom is -0.378 e. The van der Waals surface area contributed by atoms with Crippen LogP contribution in [0.25, 0.3) is 22.2 Å². The van der Waals surface area contributed by atoms with Crippen LogP contribution in [0, 0.1) is 0 Å². The number of nitrogens with one attached hydrogen (secondary N) is 3. The van der Waals surface area contributed by atoms with Crippen LogP contribution in [-0.2, 0) is 0 Å². The third-order valence-corrected chi connectivity index (χ3v) is 3.95. The summed E-state index contributed by atoms with van der Waals surface area (Å²) in [7, 11) is 4.06. The molecule has 4 rings (SSSR count). The predicted molar refractivity (Wildman–Crippen MR) is 97.7 cm³/mol. The van der Waals surface area contributed by atoms with Crippen molar-refractivity contribution in [1.82, 2.24) is 20.2 Å². The molecule has 0 aliphatic heterocycles. The van der Waals surface area contributed by atoms with Crippen molar-refractivity contribution >= 4 is 28.1 Å². The van der Waals surface area contributed by atoms with Crippen LogP contribution < -0.4 is 10.2 Å². The van der Waals surface area contributed by atoms with Crippen LogP contribution in [0.5, 0.6) is 0 Å². The van der Waals surface area contributed by atoms with Crippen LogP contribution in [0.4, 0.5) is 17.2 Å². The van der Waals surface area contributed by atoms with Crippen molar-refractivity contribution in [1.29, 1.82) is 0 Å². The SMILES string of the molecule is CN(C)c1cccc(Nc2cc3[nH]c(-c4cn[nH]c4)cc3cn2)c1. The number of H-pyrrole nitrogens is 2. The fourth-order valence-electron chi connectivity index (χ4n) is 2.66. The Labute approximate surface area is 139 Å². The van der Waals surface area contributed by atoms with E-state index in [0.717, 1.165) is 39.4 Å². The Bertz CT molecular complexity index is 968. The van der Waals surface area contributed by atoms with E-state index in [1.54, 1.807) is 6.20 Å². The lowest BCUT2D eigenvalue weighted by Gasteiger charge is -2.14. The van der Waals surface area contributed by atoms with Gasteiger partial charge in [0.2, 0.25) is 0 Å². The number of hydrogen-bond acceptors (Lipinski definition) is 4. The quantitative estimate of drug-likeness (QED) is 0.536. The summed E-state index contributed by atoms with van der Waals surface area (Å²) in [4.78, 5) is 9.98. The molecule has 1 aromatic carbocycles. The van der Waals surface area contributed by atoms with E-state index in [1.807, 2.05) is 44.7 Å². The summed E-state index contributed by atoms with van der Waals surface area (Å²) in [5, 5.41) is 11.2. The van der Waals surface area contributed by atoms with Crippen LogP contribution in [0.3, 0.4) is 0 Å². The minimum atomic E-state index is 0.805. The van der Waals surface area contributed by atoms with Crippen LogP contribution >= 0.6 is 0 Å². The molecule has 0 aliphatic carbocycles. The molecule has 0 spiro atoms. The van der Waals surface area contributed by atoms with Crippen molar-refractivity contribution in [3.8, 4) is 11.3 Å². The number of hydrogen-bond donors (Lipinski definition) is 3. The molecule has 3 N–H and O–H groups in total. The molecule has 6 nitrogen and oxygen atoms in total. The van der Waals surface area contributed by atoms with Gasteiger partial charge in [-0.25, -0.2) is 4.98 Å². The summed E-state index contributed by atoms with van der Waals surface area (Å²) >= 11 is 0. The maximum absolute atomic E-state index is 4.50. The summed E-state index contributed by atoms with van der Waals surface area (Å²) < 4.78 is 0. The molecule has 0 saturated heterocycles. The topological polar surface area (TPSA) is 72.6 Å². The zero-order valence-electron chi connectivity index (χ0n) is 13.5. The van der Waals surface area contributed by atoms with Gasteiger partial charge in [-0.3, -0.25) is 5.10 Å². The molecule has 0 saturated carbocycles. The summed E-state index contributed by atoms with van der Waals surface area (Å²) in [5.74, 6) is 0.805. The Morgan fingerprint density at radius 2 is 2.00 bits per heavy atom. The lowest BCUT2D eigenvalue weighted by atomic mass is 10.2. The van der Waals surface area contributed by atoms with E-state index in [4.69, 9.17) is 0 Å². The molecular weight excluding hydrogens is 300 g/mol. The van der Waals surface area contributed by atoms with E-state index in [0.29, 0.717) is 0 Å². The highest BCUT2D eigenvalue weighted by Crippen LogP contribution is 2.26. The zero-order chi connectivity index (χ0) is 16.5. The van der Waals surface area contributed by atoms with Crippen LogP contribution in [-0.4, -0.2) is 34.3 Å². The number of nitrogens with zero attached hydrogens (tertiary/aromatic N) is 3. The Hall–Kier alpha value is -3.28. The third kappa shape index (κ3) is 2.69. The molecule has 6 heteroatoms. The van der Waals surface area contributed by atoms with Gasteiger partial charge < -0.3 is 15.2 Å². The van der Waals surface area contributed by atoms with Crippen molar-refractivity contribution in [3.63, 3.8) is 0 Å². The first-order valence-electron chi connectivity index (χ1n) is 7.71. The summed E-state index contributed by atoms with van der Waals surface area (Å²) in [6.45, 7) is 0. The van der Waals surface area contributed by atoms with Gasteiger partial charge in [-0.15, -0.1) is 0 Å². The number of pyridine rings is 1. The average molecular weight is 318 g/mol. The van der Waals surface area contributed by atoms with Crippen LogP contribution in [0.2, 0.25) is 0 Å². The van der Waals surface area contributed by atoms with Crippen LogP contribution in [0.1, 0.15) is 0 Å². The lowest BCUT2D eigenvalue weighted by molar-refractivity contribution is 1.09. The van der Waals surface area contributed by atoms with Gasteiger partial charge in [-0.05, 0) is 24.3 Å².